The Morgan fingerprint density at radius 2 is 2.00 bits per heavy atom. The van der Waals surface area contributed by atoms with Crippen molar-refractivity contribution in [3.63, 3.8) is 0 Å². The lowest BCUT2D eigenvalue weighted by Crippen LogP contribution is -2.00. The molecule has 1 heterocycles. The van der Waals surface area contributed by atoms with Gasteiger partial charge in [-0.2, -0.15) is 0 Å². The van der Waals surface area contributed by atoms with Crippen molar-refractivity contribution in [2.24, 2.45) is 0 Å². The summed E-state index contributed by atoms with van der Waals surface area (Å²) in [5.74, 6) is 0.789. The van der Waals surface area contributed by atoms with Gasteiger partial charge in [0.1, 0.15) is 5.75 Å². The third-order valence-corrected chi connectivity index (χ3v) is 3.61. The fourth-order valence-corrected chi connectivity index (χ4v) is 2.63. The van der Waals surface area contributed by atoms with E-state index in [1.165, 1.54) is 0 Å². The van der Waals surface area contributed by atoms with Gasteiger partial charge in [-0.05, 0) is 54.0 Å². The highest BCUT2D eigenvalue weighted by atomic mass is 79.9. The van der Waals surface area contributed by atoms with Crippen LogP contribution >= 0.6 is 15.9 Å². The summed E-state index contributed by atoms with van der Waals surface area (Å²) in [7, 11) is 1.64. The number of aldehydes is 1. The lowest BCUT2D eigenvalue weighted by Gasteiger charge is -2.11. The van der Waals surface area contributed by atoms with Gasteiger partial charge in [0.15, 0.2) is 6.29 Å². The first kappa shape index (κ1) is 12.9. The standard InChI is InChI=1S/C14H14BrNO2/c1-9-6-11(8-17)10(2)16(9)12-4-5-14(18-3)13(15)7-12/h4-8H,1-3H3. The number of nitrogens with zero attached hydrogens (tertiary/aromatic N) is 1. The Labute approximate surface area is 115 Å². The second kappa shape index (κ2) is 4.98. The minimum atomic E-state index is 0.722. The maximum absolute atomic E-state index is 10.9. The minimum Gasteiger partial charge on any atom is -0.496 e. The van der Waals surface area contributed by atoms with Crippen molar-refractivity contribution in [3.8, 4) is 11.4 Å². The Morgan fingerprint density at radius 3 is 2.50 bits per heavy atom. The van der Waals surface area contributed by atoms with Crippen molar-refractivity contribution >= 4 is 22.2 Å². The summed E-state index contributed by atoms with van der Waals surface area (Å²) in [6.07, 6.45) is 0.886. The van der Waals surface area contributed by atoms with Crippen molar-refractivity contribution in [3.05, 3.63) is 45.7 Å². The zero-order chi connectivity index (χ0) is 13.3. The normalized spacial score (nSPS) is 10.4. The van der Waals surface area contributed by atoms with Gasteiger partial charge >= 0.3 is 0 Å². The molecule has 0 amide bonds. The molecule has 0 unspecified atom stereocenters. The number of rotatable bonds is 3. The molecule has 0 radical (unpaired) electrons. The van der Waals surface area contributed by atoms with Crippen LogP contribution in [0.1, 0.15) is 21.7 Å². The highest BCUT2D eigenvalue weighted by Gasteiger charge is 2.11. The van der Waals surface area contributed by atoms with E-state index in [1.54, 1.807) is 7.11 Å². The maximum atomic E-state index is 10.9. The van der Waals surface area contributed by atoms with Crippen LogP contribution in [0.15, 0.2) is 28.7 Å². The number of carbonyl (C=O) groups is 1. The van der Waals surface area contributed by atoms with Gasteiger partial charge in [0.2, 0.25) is 0 Å². The monoisotopic (exact) mass is 307 g/mol. The van der Waals surface area contributed by atoms with Crippen LogP contribution in [0.25, 0.3) is 5.69 Å². The van der Waals surface area contributed by atoms with E-state index in [2.05, 4.69) is 15.9 Å². The third kappa shape index (κ3) is 2.08. The number of methoxy groups -OCH3 is 1. The highest BCUT2D eigenvalue weighted by Crippen LogP contribution is 2.29. The van der Waals surface area contributed by atoms with E-state index in [4.69, 9.17) is 4.74 Å². The van der Waals surface area contributed by atoms with E-state index < -0.39 is 0 Å². The number of halogens is 1. The van der Waals surface area contributed by atoms with Gasteiger partial charge in [-0.1, -0.05) is 0 Å². The lowest BCUT2D eigenvalue weighted by molar-refractivity contribution is 0.112. The Morgan fingerprint density at radius 1 is 1.28 bits per heavy atom. The first-order valence-electron chi connectivity index (χ1n) is 5.56. The largest absolute Gasteiger partial charge is 0.496 e. The summed E-state index contributed by atoms with van der Waals surface area (Å²) in [5, 5.41) is 0. The van der Waals surface area contributed by atoms with Crippen LogP contribution in [-0.2, 0) is 0 Å². The molecule has 1 aromatic carbocycles. The van der Waals surface area contributed by atoms with Crippen LogP contribution in [0.2, 0.25) is 0 Å². The molecule has 0 bridgehead atoms. The molecule has 0 aliphatic heterocycles. The van der Waals surface area contributed by atoms with Crippen LogP contribution in [0.5, 0.6) is 5.75 Å². The number of benzene rings is 1. The van der Waals surface area contributed by atoms with E-state index in [9.17, 15) is 4.79 Å². The molecule has 0 saturated carbocycles. The zero-order valence-electron chi connectivity index (χ0n) is 10.5. The van der Waals surface area contributed by atoms with E-state index in [-0.39, 0.29) is 0 Å². The van der Waals surface area contributed by atoms with Gasteiger partial charge in [0, 0.05) is 22.6 Å². The van der Waals surface area contributed by atoms with E-state index in [0.29, 0.717) is 0 Å². The highest BCUT2D eigenvalue weighted by molar-refractivity contribution is 9.10. The molecule has 0 N–H and O–H groups in total. The molecule has 0 aliphatic rings. The number of aryl methyl sites for hydroxylation is 1. The molecule has 3 nitrogen and oxygen atoms in total. The van der Waals surface area contributed by atoms with Crippen molar-refractivity contribution in [1.29, 1.82) is 0 Å². The van der Waals surface area contributed by atoms with Crippen molar-refractivity contribution in [1.82, 2.24) is 4.57 Å². The smallest absolute Gasteiger partial charge is 0.151 e. The van der Waals surface area contributed by atoms with Gasteiger partial charge in [-0.3, -0.25) is 4.79 Å². The molecular formula is C14H14BrNO2. The number of carbonyl (C=O) groups excluding carboxylic acids is 1. The van der Waals surface area contributed by atoms with E-state index >= 15 is 0 Å². The average molecular weight is 308 g/mol. The molecule has 1 aromatic heterocycles. The number of aromatic nitrogens is 1. The number of ether oxygens (including phenoxy) is 1. The summed E-state index contributed by atoms with van der Waals surface area (Å²) >= 11 is 3.47. The number of hydrogen-bond acceptors (Lipinski definition) is 2. The first-order valence-corrected chi connectivity index (χ1v) is 6.35. The molecule has 0 saturated heterocycles. The molecule has 0 atom stereocenters. The predicted molar refractivity (Wildman–Crippen MR) is 74.9 cm³/mol. The average Bonchev–Trinajstić information content (AvgIpc) is 2.64. The summed E-state index contributed by atoms with van der Waals surface area (Å²) < 4.78 is 8.15. The Kier molecular flexibility index (Phi) is 3.57. The molecular weight excluding hydrogens is 294 g/mol. The fourth-order valence-electron chi connectivity index (χ4n) is 2.10. The van der Waals surface area contributed by atoms with Gasteiger partial charge < -0.3 is 9.30 Å². The van der Waals surface area contributed by atoms with E-state index in [1.807, 2.05) is 42.7 Å². The van der Waals surface area contributed by atoms with Gasteiger partial charge in [-0.15, -0.1) is 0 Å². The molecule has 0 aliphatic carbocycles. The lowest BCUT2D eigenvalue weighted by atomic mass is 10.2. The molecule has 2 aromatic rings. The summed E-state index contributed by atoms with van der Waals surface area (Å²) in [5.41, 5.74) is 3.71. The summed E-state index contributed by atoms with van der Waals surface area (Å²) in [6, 6.07) is 7.74. The molecule has 0 fully saturated rings. The van der Waals surface area contributed by atoms with Crippen molar-refractivity contribution < 1.29 is 9.53 Å². The molecule has 94 valence electrons. The molecule has 2 rings (SSSR count). The SMILES string of the molecule is COc1ccc(-n2c(C)cc(C=O)c2C)cc1Br. The van der Waals surface area contributed by atoms with Crippen LogP contribution in [-0.4, -0.2) is 18.0 Å². The predicted octanol–water partition coefficient (Wildman–Crippen LogP) is 3.68. The van der Waals surface area contributed by atoms with Gasteiger partial charge in [0.05, 0.1) is 11.6 Å². The van der Waals surface area contributed by atoms with Crippen LogP contribution in [0.4, 0.5) is 0 Å². The first-order chi connectivity index (χ1) is 8.58. The van der Waals surface area contributed by atoms with Gasteiger partial charge in [-0.25, -0.2) is 0 Å². The third-order valence-electron chi connectivity index (χ3n) is 2.99. The second-order valence-electron chi connectivity index (χ2n) is 4.10. The Hall–Kier alpha value is -1.55. The molecule has 0 spiro atoms. The van der Waals surface area contributed by atoms with Gasteiger partial charge in [0.25, 0.3) is 0 Å². The fraction of sp³-hybridized carbons (Fsp3) is 0.214. The minimum absolute atomic E-state index is 0.722. The zero-order valence-corrected chi connectivity index (χ0v) is 12.1. The second-order valence-corrected chi connectivity index (χ2v) is 4.95. The Bertz CT molecular complexity index is 602. The summed E-state index contributed by atoms with van der Waals surface area (Å²) in [4.78, 5) is 10.9. The van der Waals surface area contributed by atoms with E-state index in [0.717, 1.165) is 39.1 Å². The molecule has 18 heavy (non-hydrogen) atoms. The van der Waals surface area contributed by atoms with Crippen LogP contribution < -0.4 is 4.74 Å². The topological polar surface area (TPSA) is 31.2 Å². The summed E-state index contributed by atoms with van der Waals surface area (Å²) in [6.45, 7) is 3.92. The van der Waals surface area contributed by atoms with Crippen molar-refractivity contribution in [2.45, 2.75) is 13.8 Å². The molecule has 4 heteroatoms. The van der Waals surface area contributed by atoms with Crippen molar-refractivity contribution in [2.75, 3.05) is 7.11 Å². The van der Waals surface area contributed by atoms with Crippen LogP contribution in [0, 0.1) is 13.8 Å². The number of hydrogen-bond donors (Lipinski definition) is 0. The van der Waals surface area contributed by atoms with Crippen LogP contribution in [0.3, 0.4) is 0 Å². The Balaban J connectivity index is 2.58. The quantitative estimate of drug-likeness (QED) is 0.810. The maximum Gasteiger partial charge on any atom is 0.151 e.